The standard InChI is InChI=1S/C17H12BrN/c18-15-8-9-16(13-5-2-1-3-6-13)17(11-15)14-7-4-10-19-12-14/h1-12H. The van der Waals surface area contributed by atoms with Crippen LogP contribution in [-0.2, 0) is 0 Å². The highest BCUT2D eigenvalue weighted by atomic mass is 79.9. The van der Waals surface area contributed by atoms with E-state index in [0.717, 1.165) is 10.0 Å². The van der Waals surface area contributed by atoms with Gasteiger partial charge < -0.3 is 0 Å². The molecular weight excluding hydrogens is 298 g/mol. The lowest BCUT2D eigenvalue weighted by Gasteiger charge is -2.10. The normalized spacial score (nSPS) is 10.4. The van der Waals surface area contributed by atoms with Crippen LogP contribution in [0.15, 0.2) is 77.5 Å². The first-order chi connectivity index (χ1) is 9.34. The van der Waals surface area contributed by atoms with Gasteiger partial charge in [0.2, 0.25) is 0 Å². The minimum absolute atomic E-state index is 1.08. The lowest BCUT2D eigenvalue weighted by molar-refractivity contribution is 1.33. The van der Waals surface area contributed by atoms with Crippen molar-refractivity contribution in [3.63, 3.8) is 0 Å². The molecule has 2 aromatic carbocycles. The topological polar surface area (TPSA) is 12.9 Å². The van der Waals surface area contributed by atoms with Gasteiger partial charge in [-0.05, 0) is 34.9 Å². The molecule has 19 heavy (non-hydrogen) atoms. The third-order valence-corrected chi connectivity index (χ3v) is 3.53. The van der Waals surface area contributed by atoms with Crippen molar-refractivity contribution in [2.45, 2.75) is 0 Å². The predicted molar refractivity (Wildman–Crippen MR) is 82.8 cm³/mol. The van der Waals surface area contributed by atoms with Crippen molar-refractivity contribution in [2.24, 2.45) is 0 Å². The number of aromatic nitrogens is 1. The Labute approximate surface area is 121 Å². The summed E-state index contributed by atoms with van der Waals surface area (Å²) in [6, 6.07) is 20.8. The summed E-state index contributed by atoms with van der Waals surface area (Å²) in [5.74, 6) is 0. The lowest BCUT2D eigenvalue weighted by Crippen LogP contribution is -1.86. The molecule has 92 valence electrons. The maximum atomic E-state index is 4.21. The number of hydrogen-bond donors (Lipinski definition) is 0. The maximum Gasteiger partial charge on any atom is 0.0346 e. The van der Waals surface area contributed by atoms with Gasteiger partial charge in [0.25, 0.3) is 0 Å². The van der Waals surface area contributed by atoms with Gasteiger partial charge in [-0.3, -0.25) is 4.98 Å². The predicted octanol–water partition coefficient (Wildman–Crippen LogP) is 5.18. The zero-order valence-electron chi connectivity index (χ0n) is 10.3. The molecule has 0 aliphatic rings. The first kappa shape index (κ1) is 12.1. The summed E-state index contributed by atoms with van der Waals surface area (Å²) in [4.78, 5) is 4.21. The molecule has 0 unspecified atom stereocenters. The summed E-state index contributed by atoms with van der Waals surface area (Å²) in [6.07, 6.45) is 3.69. The molecule has 1 aromatic heterocycles. The average molecular weight is 310 g/mol. The van der Waals surface area contributed by atoms with Crippen molar-refractivity contribution in [1.82, 2.24) is 4.98 Å². The van der Waals surface area contributed by atoms with Crippen molar-refractivity contribution >= 4 is 15.9 Å². The van der Waals surface area contributed by atoms with Gasteiger partial charge in [-0.1, -0.05) is 58.4 Å². The van der Waals surface area contributed by atoms with Crippen LogP contribution in [0.2, 0.25) is 0 Å². The quantitative estimate of drug-likeness (QED) is 0.635. The third-order valence-electron chi connectivity index (χ3n) is 3.04. The molecule has 0 fully saturated rings. The molecule has 2 heteroatoms. The Morgan fingerprint density at radius 2 is 1.53 bits per heavy atom. The Bertz CT molecular complexity index is 678. The van der Waals surface area contributed by atoms with Crippen LogP contribution in [0.1, 0.15) is 0 Å². The lowest BCUT2D eigenvalue weighted by atomic mass is 9.96. The van der Waals surface area contributed by atoms with Crippen LogP contribution in [0, 0.1) is 0 Å². The summed E-state index contributed by atoms with van der Waals surface area (Å²) >= 11 is 3.55. The minimum Gasteiger partial charge on any atom is -0.264 e. The van der Waals surface area contributed by atoms with Crippen LogP contribution in [0.25, 0.3) is 22.3 Å². The van der Waals surface area contributed by atoms with Gasteiger partial charge in [0.15, 0.2) is 0 Å². The van der Waals surface area contributed by atoms with Gasteiger partial charge in [0.05, 0.1) is 0 Å². The first-order valence-electron chi connectivity index (χ1n) is 6.10. The highest BCUT2D eigenvalue weighted by molar-refractivity contribution is 9.10. The van der Waals surface area contributed by atoms with Gasteiger partial charge in [-0.2, -0.15) is 0 Å². The van der Waals surface area contributed by atoms with Crippen LogP contribution in [0.3, 0.4) is 0 Å². The molecule has 0 atom stereocenters. The van der Waals surface area contributed by atoms with Gasteiger partial charge in [0, 0.05) is 22.4 Å². The van der Waals surface area contributed by atoms with E-state index in [2.05, 4.69) is 69.4 Å². The average Bonchev–Trinajstić information content (AvgIpc) is 2.49. The molecule has 0 amide bonds. The molecule has 1 nitrogen and oxygen atoms in total. The molecule has 0 N–H and O–H groups in total. The largest absolute Gasteiger partial charge is 0.264 e. The van der Waals surface area contributed by atoms with E-state index in [1.54, 1.807) is 6.20 Å². The zero-order chi connectivity index (χ0) is 13.1. The maximum absolute atomic E-state index is 4.21. The fourth-order valence-electron chi connectivity index (χ4n) is 2.15. The van der Waals surface area contributed by atoms with E-state index in [0.29, 0.717) is 0 Å². The molecule has 0 spiro atoms. The summed E-state index contributed by atoms with van der Waals surface area (Å²) in [5.41, 5.74) is 4.75. The molecule has 0 aliphatic carbocycles. The van der Waals surface area contributed by atoms with E-state index in [9.17, 15) is 0 Å². The van der Waals surface area contributed by atoms with Crippen molar-refractivity contribution in [1.29, 1.82) is 0 Å². The number of benzene rings is 2. The Hall–Kier alpha value is -1.93. The smallest absolute Gasteiger partial charge is 0.0346 e. The van der Waals surface area contributed by atoms with Gasteiger partial charge in [-0.25, -0.2) is 0 Å². The summed E-state index contributed by atoms with van der Waals surface area (Å²) in [7, 11) is 0. The second-order valence-corrected chi connectivity index (χ2v) is 5.21. The number of halogens is 1. The van der Waals surface area contributed by atoms with Crippen molar-refractivity contribution in [3.8, 4) is 22.3 Å². The van der Waals surface area contributed by atoms with E-state index in [4.69, 9.17) is 0 Å². The van der Waals surface area contributed by atoms with Gasteiger partial charge in [-0.15, -0.1) is 0 Å². The monoisotopic (exact) mass is 309 g/mol. The second kappa shape index (κ2) is 5.37. The van der Waals surface area contributed by atoms with Crippen molar-refractivity contribution in [2.75, 3.05) is 0 Å². The summed E-state index contributed by atoms with van der Waals surface area (Å²) < 4.78 is 1.08. The van der Waals surface area contributed by atoms with E-state index in [1.165, 1.54) is 16.7 Å². The Kier molecular flexibility index (Phi) is 3.43. The van der Waals surface area contributed by atoms with Crippen LogP contribution in [0.5, 0.6) is 0 Å². The number of pyridine rings is 1. The fraction of sp³-hybridized carbons (Fsp3) is 0. The highest BCUT2D eigenvalue weighted by Crippen LogP contribution is 2.33. The Balaban J connectivity index is 2.21. The van der Waals surface area contributed by atoms with Crippen LogP contribution in [0.4, 0.5) is 0 Å². The SMILES string of the molecule is Brc1ccc(-c2ccccc2)c(-c2cccnc2)c1. The first-order valence-corrected chi connectivity index (χ1v) is 6.89. The second-order valence-electron chi connectivity index (χ2n) is 4.30. The van der Waals surface area contributed by atoms with Crippen LogP contribution < -0.4 is 0 Å². The third kappa shape index (κ3) is 2.59. The number of hydrogen-bond acceptors (Lipinski definition) is 1. The van der Waals surface area contributed by atoms with E-state index in [-0.39, 0.29) is 0 Å². The summed E-state index contributed by atoms with van der Waals surface area (Å²) in [5, 5.41) is 0. The van der Waals surface area contributed by atoms with Crippen LogP contribution >= 0.6 is 15.9 Å². The van der Waals surface area contributed by atoms with E-state index in [1.807, 2.05) is 18.3 Å². The van der Waals surface area contributed by atoms with E-state index < -0.39 is 0 Å². The molecule has 3 aromatic rings. The van der Waals surface area contributed by atoms with Gasteiger partial charge in [0.1, 0.15) is 0 Å². The van der Waals surface area contributed by atoms with Crippen LogP contribution in [-0.4, -0.2) is 4.98 Å². The molecular formula is C17H12BrN. The van der Waals surface area contributed by atoms with E-state index >= 15 is 0 Å². The highest BCUT2D eigenvalue weighted by Gasteiger charge is 2.07. The Morgan fingerprint density at radius 3 is 2.26 bits per heavy atom. The molecule has 0 aliphatic heterocycles. The number of rotatable bonds is 2. The summed E-state index contributed by atoms with van der Waals surface area (Å²) in [6.45, 7) is 0. The molecule has 0 radical (unpaired) electrons. The minimum atomic E-state index is 1.08. The molecule has 3 rings (SSSR count). The van der Waals surface area contributed by atoms with Gasteiger partial charge >= 0.3 is 0 Å². The fourth-order valence-corrected chi connectivity index (χ4v) is 2.51. The molecule has 0 saturated carbocycles. The van der Waals surface area contributed by atoms with Crippen molar-refractivity contribution < 1.29 is 0 Å². The number of nitrogens with zero attached hydrogens (tertiary/aromatic N) is 1. The molecule has 0 bridgehead atoms. The molecule has 1 heterocycles. The Morgan fingerprint density at radius 1 is 0.737 bits per heavy atom. The van der Waals surface area contributed by atoms with Crippen molar-refractivity contribution in [3.05, 3.63) is 77.5 Å². The zero-order valence-corrected chi connectivity index (χ0v) is 11.8. The molecule has 0 saturated heterocycles.